The van der Waals surface area contributed by atoms with Crippen molar-refractivity contribution in [3.05, 3.63) is 60.4 Å². The Kier molecular flexibility index (Phi) is 6.75. The second-order valence-corrected chi connectivity index (χ2v) is 9.62. The van der Waals surface area contributed by atoms with E-state index in [1.807, 2.05) is 29.8 Å². The van der Waals surface area contributed by atoms with Crippen molar-refractivity contribution in [2.45, 2.75) is 22.2 Å². The molecular weight excluding hydrogens is 424 g/mol. The van der Waals surface area contributed by atoms with Gasteiger partial charge in [0.1, 0.15) is 6.33 Å². The van der Waals surface area contributed by atoms with Gasteiger partial charge in [-0.2, -0.15) is 0 Å². The monoisotopic (exact) mass is 446 g/mol. The highest BCUT2D eigenvalue weighted by Gasteiger charge is 2.13. The molecular formula is C19H22N6O3S2. The molecule has 0 fully saturated rings. The van der Waals surface area contributed by atoms with Crippen molar-refractivity contribution in [2.75, 3.05) is 17.7 Å². The summed E-state index contributed by atoms with van der Waals surface area (Å²) >= 11 is 1.57. The van der Waals surface area contributed by atoms with Gasteiger partial charge >= 0.3 is 6.03 Å². The standard InChI is InChI=1S/C19H22N6O3S2/c1-13(29-19-24-21-12-25(19)3)14-5-4-6-16(11-14)23-18(26)22-15-7-9-17(10-8-15)30(27,28)20-2/h4-13,20H,1-3H3,(H2,22,23,26). The molecule has 0 radical (unpaired) electrons. The van der Waals surface area contributed by atoms with Crippen LogP contribution in [0.3, 0.4) is 0 Å². The second-order valence-electron chi connectivity index (χ2n) is 6.42. The van der Waals surface area contributed by atoms with E-state index in [9.17, 15) is 13.2 Å². The van der Waals surface area contributed by atoms with Crippen LogP contribution < -0.4 is 15.4 Å². The predicted octanol–water partition coefficient (Wildman–Crippen LogP) is 3.22. The molecule has 1 atom stereocenters. The summed E-state index contributed by atoms with van der Waals surface area (Å²) in [4.78, 5) is 12.4. The van der Waals surface area contributed by atoms with Crippen molar-refractivity contribution in [1.29, 1.82) is 0 Å². The van der Waals surface area contributed by atoms with E-state index in [-0.39, 0.29) is 10.1 Å². The molecule has 1 heterocycles. The highest BCUT2D eigenvalue weighted by Crippen LogP contribution is 2.34. The fourth-order valence-corrected chi connectivity index (χ4v) is 4.24. The lowest BCUT2D eigenvalue weighted by atomic mass is 10.1. The zero-order chi connectivity index (χ0) is 21.7. The third-order valence-corrected chi connectivity index (χ3v) is 6.89. The van der Waals surface area contributed by atoms with Gasteiger partial charge in [-0.25, -0.2) is 17.9 Å². The first kappa shape index (κ1) is 21.8. The summed E-state index contributed by atoms with van der Waals surface area (Å²) in [7, 11) is -0.287. The molecule has 0 saturated heterocycles. The first-order chi connectivity index (χ1) is 14.3. The van der Waals surface area contributed by atoms with Crippen molar-refractivity contribution >= 4 is 39.2 Å². The van der Waals surface area contributed by atoms with E-state index in [2.05, 4.69) is 32.5 Å². The molecule has 2 amide bonds. The lowest BCUT2D eigenvalue weighted by Gasteiger charge is -2.13. The fourth-order valence-electron chi connectivity index (χ4n) is 2.60. The Bertz CT molecular complexity index is 1130. The topological polar surface area (TPSA) is 118 Å². The van der Waals surface area contributed by atoms with Gasteiger partial charge in [0.2, 0.25) is 10.0 Å². The van der Waals surface area contributed by atoms with E-state index in [1.54, 1.807) is 24.2 Å². The molecule has 1 aromatic heterocycles. The summed E-state index contributed by atoms with van der Waals surface area (Å²) in [5.41, 5.74) is 2.15. The van der Waals surface area contributed by atoms with Crippen LogP contribution in [0.5, 0.6) is 0 Å². The molecule has 0 aliphatic rings. The minimum absolute atomic E-state index is 0.111. The summed E-state index contributed by atoms with van der Waals surface area (Å²) in [6.45, 7) is 2.05. The lowest BCUT2D eigenvalue weighted by Crippen LogP contribution is -2.20. The molecule has 3 aromatic rings. The number of amides is 2. The molecule has 30 heavy (non-hydrogen) atoms. The molecule has 9 nitrogen and oxygen atoms in total. The summed E-state index contributed by atoms with van der Waals surface area (Å²) in [5.74, 6) is 0. The number of carbonyl (C=O) groups is 1. The Morgan fingerprint density at radius 3 is 2.43 bits per heavy atom. The number of rotatable bonds is 7. The maximum absolute atomic E-state index is 12.3. The number of urea groups is 1. The van der Waals surface area contributed by atoms with Gasteiger partial charge in [-0.1, -0.05) is 23.9 Å². The maximum Gasteiger partial charge on any atom is 0.323 e. The van der Waals surface area contributed by atoms with Crippen LogP contribution in [-0.2, 0) is 17.1 Å². The Hall–Kier alpha value is -2.89. The number of nitrogens with one attached hydrogen (secondary N) is 3. The van der Waals surface area contributed by atoms with Crippen LogP contribution in [0.1, 0.15) is 17.7 Å². The Labute approximate surface area is 179 Å². The number of aromatic nitrogens is 3. The molecule has 158 valence electrons. The second kappa shape index (κ2) is 9.28. The van der Waals surface area contributed by atoms with Gasteiger partial charge in [-0.05, 0) is 55.9 Å². The molecule has 3 rings (SSSR count). The summed E-state index contributed by atoms with van der Waals surface area (Å²) in [6.07, 6.45) is 1.65. The first-order valence-corrected chi connectivity index (χ1v) is 11.4. The minimum Gasteiger partial charge on any atom is -0.312 e. The normalized spacial score (nSPS) is 12.4. The van der Waals surface area contributed by atoms with Crippen LogP contribution in [0.2, 0.25) is 0 Å². The van der Waals surface area contributed by atoms with Crippen LogP contribution in [0.25, 0.3) is 0 Å². The summed E-state index contributed by atoms with van der Waals surface area (Å²) in [6, 6.07) is 13.0. The molecule has 11 heteroatoms. The average molecular weight is 447 g/mol. The van der Waals surface area contributed by atoms with Crippen LogP contribution >= 0.6 is 11.8 Å². The van der Waals surface area contributed by atoms with Crippen molar-refractivity contribution in [3.63, 3.8) is 0 Å². The van der Waals surface area contributed by atoms with Gasteiger partial charge < -0.3 is 15.2 Å². The van der Waals surface area contributed by atoms with Crippen LogP contribution in [0, 0.1) is 0 Å². The maximum atomic E-state index is 12.3. The van der Waals surface area contributed by atoms with E-state index < -0.39 is 16.1 Å². The minimum atomic E-state index is -3.52. The summed E-state index contributed by atoms with van der Waals surface area (Å²) < 4.78 is 27.6. The quantitative estimate of drug-likeness (QED) is 0.480. The van der Waals surface area contributed by atoms with Gasteiger partial charge in [0, 0.05) is 23.7 Å². The largest absolute Gasteiger partial charge is 0.323 e. The number of anilines is 2. The van der Waals surface area contributed by atoms with E-state index in [0.29, 0.717) is 11.4 Å². The molecule has 0 spiro atoms. The number of aryl methyl sites for hydroxylation is 1. The van der Waals surface area contributed by atoms with Crippen molar-refractivity contribution in [2.24, 2.45) is 7.05 Å². The average Bonchev–Trinajstić information content (AvgIpc) is 3.13. The summed E-state index contributed by atoms with van der Waals surface area (Å²) in [5, 5.41) is 14.4. The van der Waals surface area contributed by atoms with E-state index in [4.69, 9.17) is 0 Å². The zero-order valence-electron chi connectivity index (χ0n) is 16.7. The number of thioether (sulfide) groups is 1. The fraction of sp³-hybridized carbons (Fsp3) is 0.211. The van der Waals surface area contributed by atoms with Crippen molar-refractivity contribution in [1.82, 2.24) is 19.5 Å². The van der Waals surface area contributed by atoms with E-state index in [0.717, 1.165) is 10.7 Å². The highest BCUT2D eigenvalue weighted by molar-refractivity contribution is 7.99. The predicted molar refractivity (Wildman–Crippen MR) is 117 cm³/mol. The zero-order valence-corrected chi connectivity index (χ0v) is 18.3. The third-order valence-electron chi connectivity index (χ3n) is 4.26. The van der Waals surface area contributed by atoms with E-state index in [1.165, 1.54) is 31.3 Å². The molecule has 0 aliphatic carbocycles. The smallest absolute Gasteiger partial charge is 0.312 e. The first-order valence-electron chi connectivity index (χ1n) is 9.01. The number of nitrogens with zero attached hydrogens (tertiary/aromatic N) is 3. The Morgan fingerprint density at radius 2 is 1.80 bits per heavy atom. The Morgan fingerprint density at radius 1 is 1.10 bits per heavy atom. The van der Waals surface area contributed by atoms with Gasteiger partial charge in [0.25, 0.3) is 0 Å². The number of sulfonamides is 1. The molecule has 0 bridgehead atoms. The highest BCUT2D eigenvalue weighted by atomic mass is 32.2. The number of carbonyl (C=O) groups excluding carboxylic acids is 1. The molecule has 0 saturated carbocycles. The third kappa shape index (κ3) is 5.38. The number of benzene rings is 2. The van der Waals surface area contributed by atoms with Crippen molar-refractivity contribution < 1.29 is 13.2 Å². The SMILES string of the molecule is CNS(=O)(=O)c1ccc(NC(=O)Nc2cccc(C(C)Sc3nncn3C)c2)cc1. The van der Waals surface area contributed by atoms with Crippen LogP contribution in [0.4, 0.5) is 16.2 Å². The van der Waals surface area contributed by atoms with Gasteiger partial charge in [-0.3, -0.25) is 0 Å². The van der Waals surface area contributed by atoms with Crippen LogP contribution in [0.15, 0.2) is 64.9 Å². The van der Waals surface area contributed by atoms with Gasteiger partial charge in [0.15, 0.2) is 5.16 Å². The van der Waals surface area contributed by atoms with Gasteiger partial charge in [-0.15, -0.1) is 10.2 Å². The van der Waals surface area contributed by atoms with Crippen molar-refractivity contribution in [3.8, 4) is 0 Å². The molecule has 2 aromatic carbocycles. The van der Waals surface area contributed by atoms with Crippen LogP contribution in [-0.4, -0.2) is 36.3 Å². The molecule has 0 aliphatic heterocycles. The Balaban J connectivity index is 1.63. The number of hydrogen-bond acceptors (Lipinski definition) is 6. The lowest BCUT2D eigenvalue weighted by molar-refractivity contribution is 0.262. The van der Waals surface area contributed by atoms with E-state index >= 15 is 0 Å². The molecule has 1 unspecified atom stereocenters. The number of hydrogen-bond donors (Lipinski definition) is 3. The van der Waals surface area contributed by atoms with Gasteiger partial charge in [0.05, 0.1) is 4.90 Å². The molecule has 3 N–H and O–H groups in total.